The van der Waals surface area contributed by atoms with E-state index in [1.54, 1.807) is 0 Å². The molecule has 1 fully saturated rings. The highest BCUT2D eigenvalue weighted by molar-refractivity contribution is 6.20. The highest BCUT2D eigenvalue weighted by Crippen LogP contribution is 2.30. The molecule has 0 aromatic rings. The van der Waals surface area contributed by atoms with Crippen LogP contribution in [-0.4, -0.2) is 5.38 Å². The van der Waals surface area contributed by atoms with Crippen molar-refractivity contribution in [3.05, 3.63) is 6.92 Å². The minimum absolute atomic E-state index is 0.463. The SMILES string of the molecule is [CH2]CCC1CCC[C@@H](Cl)C1. The molecule has 0 saturated heterocycles. The molecule has 0 heterocycles. The van der Waals surface area contributed by atoms with Crippen molar-refractivity contribution in [2.75, 3.05) is 0 Å². The Kier molecular flexibility index (Phi) is 3.55. The van der Waals surface area contributed by atoms with E-state index in [0.29, 0.717) is 5.38 Å². The zero-order chi connectivity index (χ0) is 7.40. The van der Waals surface area contributed by atoms with Crippen LogP contribution in [0.15, 0.2) is 0 Å². The highest BCUT2D eigenvalue weighted by atomic mass is 35.5. The Labute approximate surface area is 69.0 Å². The average Bonchev–Trinajstić information content (AvgIpc) is 1.88. The van der Waals surface area contributed by atoms with Crippen LogP contribution in [0.2, 0.25) is 0 Å². The summed E-state index contributed by atoms with van der Waals surface area (Å²) in [6.45, 7) is 3.86. The lowest BCUT2D eigenvalue weighted by molar-refractivity contribution is 0.345. The summed E-state index contributed by atoms with van der Waals surface area (Å²) in [4.78, 5) is 0. The van der Waals surface area contributed by atoms with Crippen molar-refractivity contribution < 1.29 is 0 Å². The molecule has 1 saturated carbocycles. The van der Waals surface area contributed by atoms with E-state index >= 15 is 0 Å². The fourth-order valence-corrected chi connectivity index (χ4v) is 2.18. The standard InChI is InChI=1S/C9H16Cl/c1-2-4-8-5-3-6-9(10)7-8/h8-9H,1-7H2/t8?,9-/m1/s1. The van der Waals surface area contributed by atoms with E-state index < -0.39 is 0 Å². The largest absolute Gasteiger partial charge is 0.123 e. The van der Waals surface area contributed by atoms with E-state index in [4.69, 9.17) is 11.6 Å². The molecule has 1 radical (unpaired) electrons. The zero-order valence-electron chi connectivity index (χ0n) is 6.48. The van der Waals surface area contributed by atoms with Gasteiger partial charge in [-0.05, 0) is 18.8 Å². The van der Waals surface area contributed by atoms with Crippen molar-refractivity contribution in [3.8, 4) is 0 Å². The Hall–Kier alpha value is 0.290. The fraction of sp³-hybridized carbons (Fsp3) is 0.889. The summed E-state index contributed by atoms with van der Waals surface area (Å²) in [6.07, 6.45) is 7.54. The van der Waals surface area contributed by atoms with Crippen LogP contribution in [0.5, 0.6) is 0 Å². The predicted octanol–water partition coefficient (Wildman–Crippen LogP) is 3.40. The van der Waals surface area contributed by atoms with Gasteiger partial charge in [-0.25, -0.2) is 0 Å². The molecule has 0 nitrogen and oxygen atoms in total. The van der Waals surface area contributed by atoms with Crippen molar-refractivity contribution in [1.29, 1.82) is 0 Å². The van der Waals surface area contributed by atoms with Gasteiger partial charge in [-0.15, -0.1) is 11.6 Å². The van der Waals surface area contributed by atoms with E-state index in [1.807, 2.05) is 0 Å². The Morgan fingerprint density at radius 2 is 2.20 bits per heavy atom. The number of alkyl halides is 1. The van der Waals surface area contributed by atoms with E-state index in [9.17, 15) is 0 Å². The zero-order valence-corrected chi connectivity index (χ0v) is 7.24. The smallest absolute Gasteiger partial charge is 0.0338 e. The molecule has 0 amide bonds. The lowest BCUT2D eigenvalue weighted by atomic mass is 9.86. The quantitative estimate of drug-likeness (QED) is 0.542. The van der Waals surface area contributed by atoms with Gasteiger partial charge in [-0.3, -0.25) is 0 Å². The molecule has 1 rings (SSSR count). The van der Waals surface area contributed by atoms with E-state index in [0.717, 1.165) is 12.3 Å². The van der Waals surface area contributed by atoms with Crippen molar-refractivity contribution in [2.45, 2.75) is 43.9 Å². The molecule has 2 atom stereocenters. The Morgan fingerprint density at radius 3 is 2.80 bits per heavy atom. The van der Waals surface area contributed by atoms with E-state index in [1.165, 1.54) is 32.1 Å². The van der Waals surface area contributed by atoms with Crippen LogP contribution in [0.3, 0.4) is 0 Å². The Bertz CT molecular complexity index is 88.7. The van der Waals surface area contributed by atoms with Gasteiger partial charge in [-0.2, -0.15) is 0 Å². The molecule has 0 aromatic carbocycles. The molecule has 0 aliphatic heterocycles. The first-order chi connectivity index (χ1) is 4.83. The van der Waals surface area contributed by atoms with Crippen molar-refractivity contribution in [1.82, 2.24) is 0 Å². The van der Waals surface area contributed by atoms with Crippen LogP contribution in [0, 0.1) is 12.8 Å². The maximum atomic E-state index is 6.03. The first-order valence-electron chi connectivity index (χ1n) is 4.26. The Balaban J connectivity index is 2.18. The van der Waals surface area contributed by atoms with Gasteiger partial charge in [0, 0.05) is 5.38 Å². The van der Waals surface area contributed by atoms with Gasteiger partial charge in [0.25, 0.3) is 0 Å². The van der Waals surface area contributed by atoms with Crippen molar-refractivity contribution in [3.63, 3.8) is 0 Å². The molecule has 1 aliphatic rings. The van der Waals surface area contributed by atoms with Crippen LogP contribution in [-0.2, 0) is 0 Å². The Morgan fingerprint density at radius 1 is 1.40 bits per heavy atom. The van der Waals surface area contributed by atoms with Gasteiger partial charge in [0.15, 0.2) is 0 Å². The number of halogens is 1. The highest BCUT2D eigenvalue weighted by Gasteiger charge is 2.18. The predicted molar refractivity (Wildman–Crippen MR) is 46.2 cm³/mol. The average molecular weight is 160 g/mol. The van der Waals surface area contributed by atoms with Crippen molar-refractivity contribution >= 4 is 11.6 Å². The first kappa shape index (κ1) is 8.39. The number of rotatable bonds is 2. The molecule has 0 N–H and O–H groups in total. The van der Waals surface area contributed by atoms with Gasteiger partial charge >= 0.3 is 0 Å². The second-order valence-electron chi connectivity index (χ2n) is 3.27. The third-order valence-electron chi connectivity index (χ3n) is 2.33. The molecule has 1 unspecified atom stereocenters. The van der Waals surface area contributed by atoms with Gasteiger partial charge < -0.3 is 0 Å². The molecule has 10 heavy (non-hydrogen) atoms. The lowest BCUT2D eigenvalue weighted by Crippen LogP contribution is -2.14. The topological polar surface area (TPSA) is 0 Å². The normalized spacial score (nSPS) is 34.2. The maximum absolute atomic E-state index is 6.03. The lowest BCUT2D eigenvalue weighted by Gasteiger charge is -2.24. The van der Waals surface area contributed by atoms with Crippen LogP contribution in [0.4, 0.5) is 0 Å². The van der Waals surface area contributed by atoms with Crippen molar-refractivity contribution in [2.24, 2.45) is 5.92 Å². The second kappa shape index (κ2) is 4.23. The summed E-state index contributed by atoms with van der Waals surface area (Å²) in [5.74, 6) is 0.883. The summed E-state index contributed by atoms with van der Waals surface area (Å²) < 4.78 is 0. The molecule has 1 aliphatic carbocycles. The van der Waals surface area contributed by atoms with Crippen LogP contribution in [0.25, 0.3) is 0 Å². The summed E-state index contributed by atoms with van der Waals surface area (Å²) >= 11 is 6.03. The van der Waals surface area contributed by atoms with Gasteiger partial charge in [0.1, 0.15) is 0 Å². The minimum atomic E-state index is 0.463. The number of hydrogen-bond acceptors (Lipinski definition) is 0. The maximum Gasteiger partial charge on any atom is 0.0338 e. The van der Waals surface area contributed by atoms with Gasteiger partial charge in [0.2, 0.25) is 0 Å². The fourth-order valence-electron chi connectivity index (χ4n) is 1.78. The third-order valence-corrected chi connectivity index (χ3v) is 2.73. The second-order valence-corrected chi connectivity index (χ2v) is 3.89. The summed E-state index contributed by atoms with van der Waals surface area (Å²) in [6, 6.07) is 0. The monoisotopic (exact) mass is 159 g/mol. The van der Waals surface area contributed by atoms with Crippen LogP contribution < -0.4 is 0 Å². The third kappa shape index (κ3) is 2.49. The number of hydrogen-bond donors (Lipinski definition) is 0. The summed E-state index contributed by atoms with van der Waals surface area (Å²) in [5, 5.41) is 0.463. The van der Waals surface area contributed by atoms with Gasteiger partial charge in [0.05, 0.1) is 0 Å². The van der Waals surface area contributed by atoms with E-state index in [-0.39, 0.29) is 0 Å². The molecule has 1 heteroatoms. The first-order valence-corrected chi connectivity index (χ1v) is 4.70. The summed E-state index contributed by atoms with van der Waals surface area (Å²) in [5.41, 5.74) is 0. The summed E-state index contributed by atoms with van der Waals surface area (Å²) in [7, 11) is 0. The van der Waals surface area contributed by atoms with Crippen LogP contribution >= 0.6 is 11.6 Å². The molecule has 59 valence electrons. The molecule has 0 spiro atoms. The molecular weight excluding hydrogens is 144 g/mol. The molecular formula is C9H16Cl. The molecule has 0 aromatic heterocycles. The minimum Gasteiger partial charge on any atom is -0.123 e. The van der Waals surface area contributed by atoms with Gasteiger partial charge in [-0.1, -0.05) is 32.6 Å². The van der Waals surface area contributed by atoms with Crippen LogP contribution in [0.1, 0.15) is 38.5 Å². The molecule has 0 bridgehead atoms. The van der Waals surface area contributed by atoms with E-state index in [2.05, 4.69) is 6.92 Å².